The highest BCUT2D eigenvalue weighted by Crippen LogP contribution is 2.16. The predicted octanol–water partition coefficient (Wildman–Crippen LogP) is 3.32. The van der Waals surface area contributed by atoms with E-state index in [2.05, 4.69) is 5.10 Å². The van der Waals surface area contributed by atoms with Crippen LogP contribution in [0.5, 0.6) is 0 Å². The molecule has 0 aliphatic heterocycles. The van der Waals surface area contributed by atoms with Gasteiger partial charge in [0.05, 0.1) is 18.9 Å². The van der Waals surface area contributed by atoms with Gasteiger partial charge in [-0.3, -0.25) is 4.79 Å². The highest BCUT2D eigenvalue weighted by atomic mass is 35.5. The standard InChI is InChI=1S/C18H13ClN2O3/c1-24-18(23)16-11-21(17(22)15-5-3-2-4-14(15)16)20-10-12-6-8-13(19)9-7-12/h2-11H,1H3/b20-10+. The Bertz CT molecular complexity index is 991. The van der Waals surface area contributed by atoms with Crippen LogP contribution in [-0.4, -0.2) is 24.0 Å². The van der Waals surface area contributed by atoms with Crippen LogP contribution in [0.1, 0.15) is 15.9 Å². The Morgan fingerprint density at radius 2 is 1.79 bits per heavy atom. The van der Waals surface area contributed by atoms with Crippen molar-refractivity contribution < 1.29 is 9.53 Å². The minimum absolute atomic E-state index is 0.279. The molecule has 0 fully saturated rings. The molecular formula is C18H13ClN2O3. The zero-order valence-corrected chi connectivity index (χ0v) is 13.5. The van der Waals surface area contributed by atoms with Crippen LogP contribution < -0.4 is 5.56 Å². The van der Waals surface area contributed by atoms with E-state index in [1.807, 2.05) is 0 Å². The Labute approximate surface area is 142 Å². The molecule has 0 saturated heterocycles. The molecule has 24 heavy (non-hydrogen) atoms. The van der Waals surface area contributed by atoms with Crippen molar-refractivity contribution in [2.24, 2.45) is 5.10 Å². The lowest BCUT2D eigenvalue weighted by Crippen LogP contribution is -2.19. The summed E-state index contributed by atoms with van der Waals surface area (Å²) in [6.07, 6.45) is 2.90. The van der Waals surface area contributed by atoms with Crippen molar-refractivity contribution in [1.29, 1.82) is 0 Å². The van der Waals surface area contributed by atoms with E-state index in [1.54, 1.807) is 48.5 Å². The number of ether oxygens (including phenoxy) is 1. The van der Waals surface area contributed by atoms with E-state index < -0.39 is 5.97 Å². The zero-order valence-electron chi connectivity index (χ0n) is 12.8. The number of hydrogen-bond donors (Lipinski definition) is 0. The molecule has 3 rings (SSSR count). The summed E-state index contributed by atoms with van der Waals surface area (Å²) in [6, 6.07) is 13.9. The minimum Gasteiger partial charge on any atom is -0.465 e. The fraction of sp³-hybridized carbons (Fsp3) is 0.0556. The Kier molecular flexibility index (Phi) is 4.44. The number of pyridine rings is 1. The molecule has 2 aromatic carbocycles. The van der Waals surface area contributed by atoms with Crippen molar-refractivity contribution in [3.05, 3.63) is 81.2 Å². The van der Waals surface area contributed by atoms with E-state index >= 15 is 0 Å². The molecule has 1 heterocycles. The Hall–Kier alpha value is -2.92. The Balaban J connectivity index is 2.14. The second kappa shape index (κ2) is 6.68. The maximum atomic E-state index is 12.5. The van der Waals surface area contributed by atoms with Gasteiger partial charge in [-0.2, -0.15) is 5.10 Å². The van der Waals surface area contributed by atoms with Gasteiger partial charge in [-0.25, -0.2) is 9.47 Å². The summed E-state index contributed by atoms with van der Waals surface area (Å²) in [5.41, 5.74) is 0.739. The molecule has 0 aliphatic carbocycles. The van der Waals surface area contributed by atoms with Gasteiger partial charge in [0.1, 0.15) is 0 Å². The third-order valence-corrected chi connectivity index (χ3v) is 3.77. The van der Waals surface area contributed by atoms with Gasteiger partial charge in [0.25, 0.3) is 5.56 Å². The molecule has 5 nitrogen and oxygen atoms in total. The molecule has 0 atom stereocenters. The molecule has 0 radical (unpaired) electrons. The minimum atomic E-state index is -0.526. The van der Waals surface area contributed by atoms with Crippen molar-refractivity contribution in [3.8, 4) is 0 Å². The van der Waals surface area contributed by atoms with E-state index in [4.69, 9.17) is 16.3 Å². The van der Waals surface area contributed by atoms with Crippen LogP contribution in [0.25, 0.3) is 10.8 Å². The average molecular weight is 341 g/mol. The number of nitrogens with zero attached hydrogens (tertiary/aromatic N) is 2. The first kappa shape index (κ1) is 16.0. The molecule has 0 N–H and O–H groups in total. The highest BCUT2D eigenvalue weighted by Gasteiger charge is 2.14. The Morgan fingerprint density at radius 1 is 1.12 bits per heavy atom. The van der Waals surface area contributed by atoms with Gasteiger partial charge < -0.3 is 4.74 Å². The summed E-state index contributed by atoms with van der Waals surface area (Å²) in [7, 11) is 1.30. The largest absolute Gasteiger partial charge is 0.465 e. The monoisotopic (exact) mass is 340 g/mol. The molecule has 120 valence electrons. The first-order chi connectivity index (χ1) is 11.6. The number of carbonyl (C=O) groups is 1. The first-order valence-corrected chi connectivity index (χ1v) is 7.50. The smallest absolute Gasteiger partial charge is 0.340 e. The number of methoxy groups -OCH3 is 1. The molecule has 0 saturated carbocycles. The fourth-order valence-electron chi connectivity index (χ4n) is 2.31. The van der Waals surface area contributed by atoms with Crippen LogP contribution in [0, 0.1) is 0 Å². The van der Waals surface area contributed by atoms with Gasteiger partial charge in [0.2, 0.25) is 0 Å². The van der Waals surface area contributed by atoms with Gasteiger partial charge in [-0.05, 0) is 23.8 Å². The number of aromatic nitrogens is 1. The fourth-order valence-corrected chi connectivity index (χ4v) is 2.44. The van der Waals surface area contributed by atoms with Crippen molar-refractivity contribution in [2.45, 2.75) is 0 Å². The number of hydrogen-bond acceptors (Lipinski definition) is 4. The summed E-state index contributed by atoms with van der Waals surface area (Å²) in [5, 5.41) is 5.71. The number of halogens is 1. The molecule has 0 aliphatic rings. The van der Waals surface area contributed by atoms with Crippen LogP contribution in [0.3, 0.4) is 0 Å². The van der Waals surface area contributed by atoms with E-state index in [-0.39, 0.29) is 11.1 Å². The molecule has 0 bridgehead atoms. The normalized spacial score (nSPS) is 11.1. The Morgan fingerprint density at radius 3 is 2.46 bits per heavy atom. The topological polar surface area (TPSA) is 60.7 Å². The second-order valence-corrected chi connectivity index (χ2v) is 5.46. The summed E-state index contributed by atoms with van der Waals surface area (Å²) in [6.45, 7) is 0. The van der Waals surface area contributed by atoms with Crippen molar-refractivity contribution in [2.75, 3.05) is 7.11 Å². The van der Waals surface area contributed by atoms with E-state index in [1.165, 1.54) is 19.5 Å². The van der Waals surface area contributed by atoms with Crippen LogP contribution in [0.2, 0.25) is 5.02 Å². The molecule has 6 heteroatoms. The first-order valence-electron chi connectivity index (χ1n) is 7.13. The van der Waals surface area contributed by atoms with Gasteiger partial charge >= 0.3 is 5.97 Å². The molecule has 3 aromatic rings. The number of fused-ring (bicyclic) bond motifs is 1. The molecule has 0 spiro atoms. The van der Waals surface area contributed by atoms with Crippen LogP contribution in [-0.2, 0) is 4.74 Å². The highest BCUT2D eigenvalue weighted by molar-refractivity contribution is 6.30. The molecule has 0 amide bonds. The van der Waals surface area contributed by atoms with Gasteiger partial charge in [0, 0.05) is 22.0 Å². The van der Waals surface area contributed by atoms with Crippen molar-refractivity contribution in [3.63, 3.8) is 0 Å². The number of benzene rings is 2. The summed E-state index contributed by atoms with van der Waals surface area (Å²) in [5.74, 6) is -0.526. The predicted molar refractivity (Wildman–Crippen MR) is 94.0 cm³/mol. The van der Waals surface area contributed by atoms with E-state index in [0.29, 0.717) is 15.8 Å². The van der Waals surface area contributed by atoms with Crippen molar-refractivity contribution >= 4 is 34.6 Å². The SMILES string of the molecule is COC(=O)c1cn(/N=C/c2ccc(Cl)cc2)c(=O)c2ccccc12. The lowest BCUT2D eigenvalue weighted by molar-refractivity contribution is 0.0602. The summed E-state index contributed by atoms with van der Waals surface area (Å²) >= 11 is 5.84. The van der Waals surface area contributed by atoms with Gasteiger partial charge in [0.15, 0.2) is 0 Å². The quantitative estimate of drug-likeness (QED) is 0.543. The van der Waals surface area contributed by atoms with E-state index in [0.717, 1.165) is 10.2 Å². The number of esters is 1. The average Bonchev–Trinajstić information content (AvgIpc) is 2.62. The lowest BCUT2D eigenvalue weighted by atomic mass is 10.1. The molecular weight excluding hydrogens is 328 g/mol. The zero-order chi connectivity index (χ0) is 17.1. The molecule has 1 aromatic heterocycles. The number of rotatable bonds is 3. The maximum absolute atomic E-state index is 12.5. The lowest BCUT2D eigenvalue weighted by Gasteiger charge is -2.07. The summed E-state index contributed by atoms with van der Waals surface area (Å²) < 4.78 is 5.92. The van der Waals surface area contributed by atoms with Crippen LogP contribution in [0.15, 0.2) is 64.6 Å². The van der Waals surface area contributed by atoms with Crippen molar-refractivity contribution in [1.82, 2.24) is 4.68 Å². The van der Waals surface area contributed by atoms with Gasteiger partial charge in [-0.1, -0.05) is 41.9 Å². The molecule has 0 unspecified atom stereocenters. The van der Waals surface area contributed by atoms with Crippen LogP contribution in [0.4, 0.5) is 0 Å². The third kappa shape index (κ3) is 3.07. The third-order valence-electron chi connectivity index (χ3n) is 3.51. The number of carbonyl (C=O) groups excluding carboxylic acids is 1. The second-order valence-electron chi connectivity index (χ2n) is 5.03. The van der Waals surface area contributed by atoms with Crippen LogP contribution >= 0.6 is 11.6 Å². The van der Waals surface area contributed by atoms with Gasteiger partial charge in [-0.15, -0.1) is 0 Å². The maximum Gasteiger partial charge on any atom is 0.340 e. The summed E-state index contributed by atoms with van der Waals surface area (Å²) in [4.78, 5) is 24.5. The van der Waals surface area contributed by atoms with E-state index in [9.17, 15) is 9.59 Å².